The maximum Gasteiger partial charge on any atom is 0.353 e. The average molecular weight is 337 g/mol. The van der Waals surface area contributed by atoms with Gasteiger partial charge in [0, 0.05) is 19.1 Å². The van der Waals surface area contributed by atoms with Gasteiger partial charge in [0.25, 0.3) is 0 Å². The van der Waals surface area contributed by atoms with E-state index in [0.717, 1.165) is 6.42 Å². The Kier molecular flexibility index (Phi) is 5.88. The van der Waals surface area contributed by atoms with E-state index >= 15 is 0 Å². The first-order valence-corrected chi connectivity index (χ1v) is 8.06. The van der Waals surface area contributed by atoms with Gasteiger partial charge in [-0.1, -0.05) is 6.92 Å². The van der Waals surface area contributed by atoms with E-state index in [2.05, 4.69) is 15.3 Å². The van der Waals surface area contributed by atoms with Crippen molar-refractivity contribution in [1.29, 1.82) is 0 Å². The molecule has 0 bridgehead atoms. The lowest BCUT2D eigenvalue weighted by molar-refractivity contribution is -0.383. The summed E-state index contributed by atoms with van der Waals surface area (Å²) in [6.07, 6.45) is 3.32. The van der Waals surface area contributed by atoms with Crippen LogP contribution >= 0.6 is 0 Å². The Hall–Kier alpha value is -2.45. The second-order valence-corrected chi connectivity index (χ2v) is 5.89. The highest BCUT2D eigenvalue weighted by atomic mass is 16.6. The number of nitrogens with zero attached hydrogens (tertiary/aromatic N) is 4. The number of ether oxygens (including phenoxy) is 1. The molecule has 0 aliphatic carbocycles. The number of methoxy groups -OCH3 is 1. The summed E-state index contributed by atoms with van der Waals surface area (Å²) >= 11 is 0. The number of hydrogen-bond acceptors (Lipinski definition) is 8. The molecule has 1 N–H and O–H groups in total. The third-order valence-electron chi connectivity index (χ3n) is 4.31. The molecule has 1 fully saturated rings. The van der Waals surface area contributed by atoms with Crippen LogP contribution in [0.1, 0.15) is 33.1 Å². The maximum atomic E-state index is 11.6. The van der Waals surface area contributed by atoms with E-state index in [4.69, 9.17) is 4.74 Å². The highest BCUT2D eigenvalue weighted by molar-refractivity contribution is 5.74. The molecule has 1 saturated heterocycles. The van der Waals surface area contributed by atoms with Crippen LogP contribution in [-0.2, 0) is 9.53 Å². The van der Waals surface area contributed by atoms with E-state index in [9.17, 15) is 14.9 Å². The Balaban J connectivity index is 2.23. The van der Waals surface area contributed by atoms with Gasteiger partial charge >= 0.3 is 11.7 Å². The van der Waals surface area contributed by atoms with Gasteiger partial charge < -0.3 is 15.0 Å². The van der Waals surface area contributed by atoms with E-state index in [1.807, 2.05) is 18.7 Å². The Bertz CT molecular complexity index is 602. The molecule has 0 spiro atoms. The summed E-state index contributed by atoms with van der Waals surface area (Å²) in [6, 6.07) is 0.0662. The molecule has 1 aliphatic rings. The summed E-state index contributed by atoms with van der Waals surface area (Å²) in [7, 11) is 1.37. The highest BCUT2D eigenvalue weighted by Crippen LogP contribution is 2.34. The van der Waals surface area contributed by atoms with Crippen molar-refractivity contribution in [2.45, 2.75) is 39.2 Å². The zero-order chi connectivity index (χ0) is 17.7. The summed E-state index contributed by atoms with van der Waals surface area (Å²) in [5, 5.41) is 14.6. The summed E-state index contributed by atoms with van der Waals surface area (Å²) < 4.78 is 4.77. The Morgan fingerprint density at radius 2 is 2.17 bits per heavy atom. The number of carbonyl (C=O) groups is 1. The van der Waals surface area contributed by atoms with Gasteiger partial charge in [0.05, 0.1) is 18.0 Å². The zero-order valence-electron chi connectivity index (χ0n) is 14.2. The summed E-state index contributed by atoms with van der Waals surface area (Å²) in [5.74, 6) is 0.134. The molecule has 2 rings (SSSR count). The number of carbonyl (C=O) groups excluding carboxylic acids is 1. The molecule has 1 aromatic rings. The van der Waals surface area contributed by atoms with Gasteiger partial charge in [0.2, 0.25) is 11.6 Å². The summed E-state index contributed by atoms with van der Waals surface area (Å²) in [6.45, 7) is 4.96. The molecule has 1 aliphatic heterocycles. The van der Waals surface area contributed by atoms with Crippen LogP contribution in [-0.4, -0.2) is 47.1 Å². The van der Waals surface area contributed by atoms with Crippen LogP contribution in [0, 0.1) is 16.0 Å². The topological polar surface area (TPSA) is 110 Å². The number of anilines is 2. The molecule has 0 radical (unpaired) electrons. The third kappa shape index (κ3) is 3.90. The number of aromatic nitrogens is 2. The monoisotopic (exact) mass is 337 g/mol. The lowest BCUT2D eigenvalue weighted by Gasteiger charge is -2.31. The molecule has 0 saturated carbocycles. The molecule has 2 heterocycles. The smallest absolute Gasteiger partial charge is 0.353 e. The van der Waals surface area contributed by atoms with Gasteiger partial charge in [-0.3, -0.25) is 14.9 Å². The van der Waals surface area contributed by atoms with E-state index in [1.165, 1.54) is 13.4 Å². The minimum atomic E-state index is -0.452. The van der Waals surface area contributed by atoms with Gasteiger partial charge in [-0.05, 0) is 26.2 Å². The second kappa shape index (κ2) is 7.89. The molecule has 0 aromatic carbocycles. The van der Waals surface area contributed by atoms with E-state index in [1.54, 1.807) is 0 Å². The first-order chi connectivity index (χ1) is 11.5. The Morgan fingerprint density at radius 1 is 1.50 bits per heavy atom. The largest absolute Gasteiger partial charge is 0.469 e. The van der Waals surface area contributed by atoms with Crippen molar-refractivity contribution in [2.75, 3.05) is 30.4 Å². The van der Waals surface area contributed by atoms with E-state index in [-0.39, 0.29) is 29.4 Å². The minimum absolute atomic E-state index is 0.0662. The van der Waals surface area contributed by atoms with Crippen molar-refractivity contribution in [2.24, 2.45) is 5.92 Å². The summed E-state index contributed by atoms with van der Waals surface area (Å²) in [4.78, 5) is 32.7. The molecule has 1 unspecified atom stereocenters. The third-order valence-corrected chi connectivity index (χ3v) is 4.31. The molecule has 9 nitrogen and oxygen atoms in total. The van der Waals surface area contributed by atoms with Crippen LogP contribution in [0.2, 0.25) is 0 Å². The molecule has 1 aromatic heterocycles. The Labute approximate surface area is 140 Å². The predicted molar refractivity (Wildman–Crippen MR) is 89.0 cm³/mol. The van der Waals surface area contributed by atoms with Crippen LogP contribution in [0.5, 0.6) is 0 Å². The SMILES string of the molecule is CCC(C)Nc1ncnc(N2CCC(C(=O)OC)CC2)c1[N+](=O)[O-]. The zero-order valence-corrected chi connectivity index (χ0v) is 14.2. The Morgan fingerprint density at radius 3 is 2.71 bits per heavy atom. The van der Waals surface area contributed by atoms with Gasteiger partial charge in [-0.2, -0.15) is 0 Å². The first-order valence-electron chi connectivity index (χ1n) is 8.06. The van der Waals surface area contributed by atoms with Gasteiger partial charge in [0.1, 0.15) is 6.33 Å². The number of rotatable bonds is 6. The lowest BCUT2D eigenvalue weighted by atomic mass is 9.97. The van der Waals surface area contributed by atoms with Gasteiger partial charge in [-0.25, -0.2) is 9.97 Å². The molecule has 132 valence electrons. The van der Waals surface area contributed by atoms with E-state index < -0.39 is 4.92 Å². The minimum Gasteiger partial charge on any atom is -0.469 e. The fraction of sp³-hybridized carbons (Fsp3) is 0.667. The van der Waals surface area contributed by atoms with Crippen molar-refractivity contribution in [3.63, 3.8) is 0 Å². The van der Waals surface area contributed by atoms with Crippen LogP contribution in [0.15, 0.2) is 6.33 Å². The fourth-order valence-electron chi connectivity index (χ4n) is 2.70. The average Bonchev–Trinajstić information content (AvgIpc) is 2.60. The van der Waals surface area contributed by atoms with Crippen LogP contribution in [0.4, 0.5) is 17.3 Å². The van der Waals surface area contributed by atoms with Crippen molar-refractivity contribution in [3.05, 3.63) is 16.4 Å². The van der Waals surface area contributed by atoms with E-state index in [0.29, 0.717) is 31.7 Å². The lowest BCUT2D eigenvalue weighted by Crippen LogP contribution is -2.37. The number of esters is 1. The molecule has 9 heteroatoms. The predicted octanol–water partition coefficient (Wildman–Crippen LogP) is 1.98. The number of nitro groups is 1. The van der Waals surface area contributed by atoms with Gasteiger partial charge in [0.15, 0.2) is 0 Å². The number of hydrogen-bond donors (Lipinski definition) is 1. The molecular weight excluding hydrogens is 314 g/mol. The van der Waals surface area contributed by atoms with Crippen molar-refractivity contribution in [3.8, 4) is 0 Å². The van der Waals surface area contributed by atoms with Crippen LogP contribution in [0.25, 0.3) is 0 Å². The second-order valence-electron chi connectivity index (χ2n) is 5.89. The standard InChI is InChI=1S/C15H23N5O4/c1-4-10(2)18-13-12(20(22)23)14(17-9-16-13)19-7-5-11(6-8-19)15(21)24-3/h9-11H,4-8H2,1-3H3,(H,16,17,18). The van der Waals surface area contributed by atoms with Crippen molar-refractivity contribution >= 4 is 23.3 Å². The summed E-state index contributed by atoms with van der Waals surface area (Å²) in [5.41, 5.74) is -0.116. The number of piperidine rings is 1. The maximum absolute atomic E-state index is 11.6. The molecule has 1 atom stereocenters. The van der Waals surface area contributed by atoms with Crippen LogP contribution < -0.4 is 10.2 Å². The molecular formula is C15H23N5O4. The fourth-order valence-corrected chi connectivity index (χ4v) is 2.70. The van der Waals surface area contributed by atoms with Crippen molar-refractivity contribution in [1.82, 2.24) is 9.97 Å². The normalized spacial score (nSPS) is 16.5. The van der Waals surface area contributed by atoms with Crippen LogP contribution in [0.3, 0.4) is 0 Å². The molecule has 0 amide bonds. The first kappa shape index (κ1) is 17.9. The van der Waals surface area contributed by atoms with Crippen molar-refractivity contribution < 1.29 is 14.5 Å². The highest BCUT2D eigenvalue weighted by Gasteiger charge is 2.32. The quantitative estimate of drug-likeness (QED) is 0.476. The molecule has 24 heavy (non-hydrogen) atoms. The van der Waals surface area contributed by atoms with Gasteiger partial charge in [-0.15, -0.1) is 0 Å². The number of nitrogens with one attached hydrogen (secondary N) is 1.